The molecule has 0 radical (unpaired) electrons. The van der Waals surface area contributed by atoms with E-state index in [1.807, 2.05) is 0 Å². The van der Waals surface area contributed by atoms with Crippen LogP contribution in [0.3, 0.4) is 0 Å². The standard InChI is InChI=1S/C12H16F2N2O5/c1-20-12-8(10(19)9(18)7(4-17)21-12)16-11-6(14)2-5(13)3-15-11/h2-3,7-10,12,17-19H,4H2,1H3,(H,15,16)/t7-,8+,9+,10-,12-/m1/s1. The number of methoxy groups -OCH3 is 1. The Morgan fingerprint density at radius 2 is 2.10 bits per heavy atom. The molecule has 1 aliphatic heterocycles. The molecule has 118 valence electrons. The number of pyridine rings is 1. The largest absolute Gasteiger partial charge is 0.394 e. The molecule has 1 aliphatic rings. The van der Waals surface area contributed by atoms with Crippen molar-refractivity contribution in [2.75, 3.05) is 19.0 Å². The van der Waals surface area contributed by atoms with Gasteiger partial charge in [-0.25, -0.2) is 13.8 Å². The molecule has 0 saturated carbocycles. The second kappa shape index (κ2) is 6.58. The Hall–Kier alpha value is -1.39. The zero-order valence-electron chi connectivity index (χ0n) is 11.1. The van der Waals surface area contributed by atoms with Gasteiger partial charge >= 0.3 is 0 Å². The third kappa shape index (κ3) is 3.27. The van der Waals surface area contributed by atoms with Crippen LogP contribution in [0.1, 0.15) is 0 Å². The second-order valence-corrected chi connectivity index (χ2v) is 4.60. The molecule has 4 N–H and O–H groups in total. The summed E-state index contributed by atoms with van der Waals surface area (Å²) in [7, 11) is 1.28. The third-order valence-corrected chi connectivity index (χ3v) is 3.22. The van der Waals surface area contributed by atoms with E-state index in [-0.39, 0.29) is 5.82 Å². The molecular weight excluding hydrogens is 290 g/mol. The number of ether oxygens (including phenoxy) is 2. The number of hydrogen-bond donors (Lipinski definition) is 4. The van der Waals surface area contributed by atoms with E-state index < -0.39 is 48.9 Å². The van der Waals surface area contributed by atoms with Crippen LogP contribution in [0.5, 0.6) is 0 Å². The predicted molar refractivity (Wildman–Crippen MR) is 66.3 cm³/mol. The molecule has 21 heavy (non-hydrogen) atoms. The summed E-state index contributed by atoms with van der Waals surface area (Å²) in [5.41, 5.74) is 0. The number of aromatic nitrogens is 1. The first kappa shape index (κ1) is 16.0. The van der Waals surface area contributed by atoms with Crippen LogP contribution in [0, 0.1) is 11.6 Å². The number of hydrogen-bond acceptors (Lipinski definition) is 7. The molecule has 0 unspecified atom stereocenters. The molecule has 7 nitrogen and oxygen atoms in total. The lowest BCUT2D eigenvalue weighted by Gasteiger charge is -2.41. The Kier molecular flexibility index (Phi) is 5.01. The molecule has 0 aromatic carbocycles. The number of aliphatic hydroxyl groups excluding tert-OH is 3. The molecule has 0 spiro atoms. The summed E-state index contributed by atoms with van der Waals surface area (Å²) in [6.45, 7) is -0.520. The molecule has 1 aromatic heterocycles. The van der Waals surface area contributed by atoms with Crippen LogP contribution < -0.4 is 5.32 Å². The highest BCUT2D eigenvalue weighted by Gasteiger charge is 2.44. The molecule has 1 aromatic rings. The quantitative estimate of drug-likeness (QED) is 0.579. The molecule has 0 amide bonds. The van der Waals surface area contributed by atoms with Gasteiger partial charge in [0.25, 0.3) is 0 Å². The molecule has 0 aliphatic carbocycles. The molecule has 1 saturated heterocycles. The fraction of sp³-hybridized carbons (Fsp3) is 0.583. The average molecular weight is 306 g/mol. The number of rotatable bonds is 4. The SMILES string of the molecule is CO[C@@H]1O[C@H](CO)[C@H](O)[C@H](O)[C@@H]1Nc1ncc(F)cc1F. The Bertz CT molecular complexity index is 491. The summed E-state index contributed by atoms with van der Waals surface area (Å²) in [4.78, 5) is 3.52. The molecule has 5 atom stereocenters. The number of nitrogens with one attached hydrogen (secondary N) is 1. The minimum atomic E-state index is -1.41. The highest BCUT2D eigenvalue weighted by Crippen LogP contribution is 2.25. The maximum atomic E-state index is 13.6. The smallest absolute Gasteiger partial charge is 0.180 e. The van der Waals surface area contributed by atoms with Crippen LogP contribution >= 0.6 is 0 Å². The Balaban J connectivity index is 2.20. The predicted octanol–water partition coefficient (Wildman–Crippen LogP) is -0.774. The van der Waals surface area contributed by atoms with Crippen molar-refractivity contribution in [1.29, 1.82) is 0 Å². The number of halogens is 2. The summed E-state index contributed by atoms with van der Waals surface area (Å²) in [5, 5.41) is 31.4. The topological polar surface area (TPSA) is 104 Å². The van der Waals surface area contributed by atoms with Crippen molar-refractivity contribution in [1.82, 2.24) is 4.98 Å². The summed E-state index contributed by atoms with van der Waals surface area (Å²) in [6.07, 6.45) is -4.11. The highest BCUT2D eigenvalue weighted by molar-refractivity contribution is 5.38. The van der Waals surface area contributed by atoms with Crippen molar-refractivity contribution < 1.29 is 33.6 Å². The fourth-order valence-corrected chi connectivity index (χ4v) is 2.12. The van der Waals surface area contributed by atoms with E-state index >= 15 is 0 Å². The van der Waals surface area contributed by atoms with Crippen molar-refractivity contribution in [2.24, 2.45) is 0 Å². The van der Waals surface area contributed by atoms with Gasteiger partial charge in [-0.05, 0) is 0 Å². The summed E-state index contributed by atoms with van der Waals surface area (Å²) >= 11 is 0. The molecule has 1 fully saturated rings. The summed E-state index contributed by atoms with van der Waals surface area (Å²) in [5.74, 6) is -2.13. The van der Waals surface area contributed by atoms with Crippen LogP contribution in [-0.4, -0.2) is 64.7 Å². The van der Waals surface area contributed by atoms with Crippen LogP contribution in [0.4, 0.5) is 14.6 Å². The average Bonchev–Trinajstić information content (AvgIpc) is 2.46. The van der Waals surface area contributed by atoms with Crippen molar-refractivity contribution in [3.8, 4) is 0 Å². The summed E-state index contributed by atoms with van der Waals surface area (Å²) < 4.78 is 36.6. The van der Waals surface area contributed by atoms with Gasteiger partial charge in [0, 0.05) is 13.2 Å². The van der Waals surface area contributed by atoms with Crippen molar-refractivity contribution >= 4 is 5.82 Å². The Labute approximate surface area is 119 Å². The van der Waals surface area contributed by atoms with E-state index in [1.165, 1.54) is 7.11 Å². The van der Waals surface area contributed by atoms with Crippen LogP contribution in [0.2, 0.25) is 0 Å². The lowest BCUT2D eigenvalue weighted by molar-refractivity contribution is -0.254. The molecule has 2 rings (SSSR count). The lowest BCUT2D eigenvalue weighted by atomic mass is 9.97. The number of anilines is 1. The van der Waals surface area contributed by atoms with Gasteiger partial charge in [-0.15, -0.1) is 0 Å². The van der Waals surface area contributed by atoms with Gasteiger partial charge in [0.15, 0.2) is 17.9 Å². The molecule has 0 bridgehead atoms. The highest BCUT2D eigenvalue weighted by atomic mass is 19.1. The zero-order valence-corrected chi connectivity index (χ0v) is 11.1. The minimum Gasteiger partial charge on any atom is -0.394 e. The summed E-state index contributed by atoms with van der Waals surface area (Å²) in [6, 6.07) is -0.430. The van der Waals surface area contributed by atoms with E-state index in [2.05, 4.69) is 10.3 Å². The second-order valence-electron chi connectivity index (χ2n) is 4.60. The van der Waals surface area contributed by atoms with E-state index in [0.29, 0.717) is 6.07 Å². The first-order valence-electron chi connectivity index (χ1n) is 6.20. The van der Waals surface area contributed by atoms with Gasteiger partial charge in [0.1, 0.15) is 30.2 Å². The van der Waals surface area contributed by atoms with Crippen molar-refractivity contribution in [3.05, 3.63) is 23.9 Å². The normalized spacial score (nSPS) is 33.0. The van der Waals surface area contributed by atoms with Crippen LogP contribution in [0.15, 0.2) is 12.3 Å². The van der Waals surface area contributed by atoms with Gasteiger partial charge < -0.3 is 30.1 Å². The van der Waals surface area contributed by atoms with E-state index in [0.717, 1.165) is 6.20 Å². The van der Waals surface area contributed by atoms with Gasteiger partial charge in [0.2, 0.25) is 0 Å². The van der Waals surface area contributed by atoms with Gasteiger partial charge in [-0.1, -0.05) is 0 Å². The fourth-order valence-electron chi connectivity index (χ4n) is 2.12. The molecular formula is C12H16F2N2O5. The Morgan fingerprint density at radius 3 is 2.67 bits per heavy atom. The van der Waals surface area contributed by atoms with Gasteiger partial charge in [-0.2, -0.15) is 0 Å². The maximum absolute atomic E-state index is 13.6. The number of nitrogens with zero attached hydrogens (tertiary/aromatic N) is 1. The Morgan fingerprint density at radius 1 is 1.38 bits per heavy atom. The molecule has 9 heteroatoms. The lowest BCUT2D eigenvalue weighted by Crippen LogP contribution is -2.61. The van der Waals surface area contributed by atoms with E-state index in [9.17, 15) is 19.0 Å². The van der Waals surface area contributed by atoms with Crippen molar-refractivity contribution in [3.63, 3.8) is 0 Å². The van der Waals surface area contributed by atoms with Crippen LogP contribution in [0.25, 0.3) is 0 Å². The van der Waals surface area contributed by atoms with E-state index in [1.54, 1.807) is 0 Å². The third-order valence-electron chi connectivity index (χ3n) is 3.22. The van der Waals surface area contributed by atoms with Gasteiger partial charge in [-0.3, -0.25) is 0 Å². The number of aliphatic hydroxyl groups is 3. The molecule has 2 heterocycles. The maximum Gasteiger partial charge on any atom is 0.180 e. The van der Waals surface area contributed by atoms with Gasteiger partial charge in [0.05, 0.1) is 12.8 Å². The first-order valence-corrected chi connectivity index (χ1v) is 6.20. The van der Waals surface area contributed by atoms with Crippen molar-refractivity contribution in [2.45, 2.75) is 30.6 Å². The van der Waals surface area contributed by atoms with E-state index in [4.69, 9.17) is 14.6 Å². The van der Waals surface area contributed by atoms with Crippen LogP contribution in [-0.2, 0) is 9.47 Å². The first-order chi connectivity index (χ1) is 9.97. The zero-order chi connectivity index (χ0) is 15.6. The minimum absolute atomic E-state index is 0.319. The monoisotopic (exact) mass is 306 g/mol.